The van der Waals surface area contributed by atoms with Crippen molar-refractivity contribution in [3.8, 4) is 16.9 Å². The standard InChI is InChI=1S/C12H12OS2/c1-13-11-4-2-9(3-5-11)12-8-15-7-10(12)6-14/h2-5,7-8,14H,6H2,1H3. The maximum Gasteiger partial charge on any atom is 0.118 e. The Bertz CT molecular complexity index is 431. The molecule has 0 saturated carbocycles. The third kappa shape index (κ3) is 2.19. The lowest BCUT2D eigenvalue weighted by Crippen LogP contribution is -1.83. The van der Waals surface area contributed by atoms with E-state index in [-0.39, 0.29) is 0 Å². The summed E-state index contributed by atoms with van der Waals surface area (Å²) in [4.78, 5) is 0. The van der Waals surface area contributed by atoms with Gasteiger partial charge in [0.1, 0.15) is 5.75 Å². The Kier molecular flexibility index (Phi) is 3.34. The number of thiol groups is 1. The molecule has 78 valence electrons. The van der Waals surface area contributed by atoms with Crippen molar-refractivity contribution >= 4 is 24.0 Å². The van der Waals surface area contributed by atoms with Crippen LogP contribution in [0.5, 0.6) is 5.75 Å². The minimum atomic E-state index is 0.783. The fourth-order valence-corrected chi connectivity index (χ4v) is 2.72. The number of rotatable bonds is 3. The van der Waals surface area contributed by atoms with Crippen LogP contribution in [0.4, 0.5) is 0 Å². The largest absolute Gasteiger partial charge is 0.497 e. The van der Waals surface area contributed by atoms with Crippen molar-refractivity contribution in [3.63, 3.8) is 0 Å². The Morgan fingerprint density at radius 1 is 1.20 bits per heavy atom. The summed E-state index contributed by atoms with van der Waals surface area (Å²) in [5.74, 6) is 1.67. The molecule has 0 bridgehead atoms. The summed E-state index contributed by atoms with van der Waals surface area (Å²) in [5, 5.41) is 4.31. The average molecular weight is 236 g/mol. The van der Waals surface area contributed by atoms with Crippen LogP contribution in [0.3, 0.4) is 0 Å². The molecule has 0 fully saturated rings. The lowest BCUT2D eigenvalue weighted by molar-refractivity contribution is 0.415. The first kappa shape index (κ1) is 10.6. The quantitative estimate of drug-likeness (QED) is 0.796. The summed E-state index contributed by atoms with van der Waals surface area (Å²) in [6.45, 7) is 0. The van der Waals surface area contributed by atoms with Gasteiger partial charge in [0.2, 0.25) is 0 Å². The molecule has 0 aliphatic carbocycles. The van der Waals surface area contributed by atoms with Gasteiger partial charge in [-0.25, -0.2) is 0 Å². The molecule has 2 aromatic rings. The van der Waals surface area contributed by atoms with Gasteiger partial charge in [-0.05, 0) is 39.6 Å². The Balaban J connectivity index is 2.37. The molecule has 15 heavy (non-hydrogen) atoms. The number of ether oxygens (including phenoxy) is 1. The molecule has 1 aromatic carbocycles. The molecular formula is C12H12OS2. The van der Waals surface area contributed by atoms with Crippen molar-refractivity contribution < 1.29 is 4.74 Å². The third-order valence-electron chi connectivity index (χ3n) is 2.31. The van der Waals surface area contributed by atoms with E-state index < -0.39 is 0 Å². The topological polar surface area (TPSA) is 9.23 Å². The van der Waals surface area contributed by atoms with Crippen molar-refractivity contribution in [2.75, 3.05) is 7.11 Å². The molecule has 0 atom stereocenters. The first-order chi connectivity index (χ1) is 7.35. The molecule has 1 heterocycles. The summed E-state index contributed by atoms with van der Waals surface area (Å²) < 4.78 is 5.13. The van der Waals surface area contributed by atoms with Crippen LogP contribution in [-0.2, 0) is 5.75 Å². The monoisotopic (exact) mass is 236 g/mol. The van der Waals surface area contributed by atoms with Crippen molar-refractivity contribution in [3.05, 3.63) is 40.6 Å². The molecule has 3 heteroatoms. The Labute approximate surface area is 99.1 Å². The molecule has 2 rings (SSSR count). The van der Waals surface area contributed by atoms with Crippen molar-refractivity contribution in [1.29, 1.82) is 0 Å². The molecular weight excluding hydrogens is 224 g/mol. The Hall–Kier alpha value is -0.930. The van der Waals surface area contributed by atoms with E-state index in [1.165, 1.54) is 16.7 Å². The van der Waals surface area contributed by atoms with Gasteiger partial charge in [-0.2, -0.15) is 24.0 Å². The number of benzene rings is 1. The lowest BCUT2D eigenvalue weighted by Gasteiger charge is -2.03. The SMILES string of the molecule is COc1ccc(-c2cscc2CS)cc1. The van der Waals surface area contributed by atoms with Gasteiger partial charge in [0.15, 0.2) is 0 Å². The van der Waals surface area contributed by atoms with E-state index in [0.717, 1.165) is 11.5 Å². The van der Waals surface area contributed by atoms with Gasteiger partial charge in [0.05, 0.1) is 7.11 Å². The third-order valence-corrected chi connectivity index (χ3v) is 3.45. The number of hydrogen-bond donors (Lipinski definition) is 1. The molecule has 1 nitrogen and oxygen atoms in total. The zero-order chi connectivity index (χ0) is 10.7. The normalized spacial score (nSPS) is 10.3. The smallest absolute Gasteiger partial charge is 0.118 e. The molecule has 0 aliphatic heterocycles. The predicted octanol–water partition coefficient (Wildman–Crippen LogP) is 3.85. The van der Waals surface area contributed by atoms with E-state index in [4.69, 9.17) is 4.74 Å². The van der Waals surface area contributed by atoms with E-state index in [1.54, 1.807) is 18.4 Å². The fourth-order valence-electron chi connectivity index (χ4n) is 1.47. The molecule has 0 saturated heterocycles. The minimum absolute atomic E-state index is 0.783. The lowest BCUT2D eigenvalue weighted by atomic mass is 10.1. The van der Waals surface area contributed by atoms with Gasteiger partial charge in [-0.3, -0.25) is 0 Å². The van der Waals surface area contributed by atoms with Crippen LogP contribution < -0.4 is 4.74 Å². The highest BCUT2D eigenvalue weighted by Gasteiger charge is 2.04. The molecule has 0 aliphatic rings. The summed E-state index contributed by atoms with van der Waals surface area (Å²) in [6.07, 6.45) is 0. The van der Waals surface area contributed by atoms with Crippen LogP contribution in [0.1, 0.15) is 5.56 Å². The van der Waals surface area contributed by atoms with Crippen molar-refractivity contribution in [1.82, 2.24) is 0 Å². The zero-order valence-electron chi connectivity index (χ0n) is 8.43. The Morgan fingerprint density at radius 3 is 2.53 bits per heavy atom. The average Bonchev–Trinajstić information content (AvgIpc) is 2.77. The van der Waals surface area contributed by atoms with Crippen LogP contribution in [0.25, 0.3) is 11.1 Å². The Morgan fingerprint density at radius 2 is 1.93 bits per heavy atom. The van der Waals surface area contributed by atoms with E-state index >= 15 is 0 Å². The predicted molar refractivity (Wildman–Crippen MR) is 69.0 cm³/mol. The van der Waals surface area contributed by atoms with Gasteiger partial charge in [-0.1, -0.05) is 12.1 Å². The van der Waals surface area contributed by atoms with E-state index in [0.29, 0.717) is 0 Å². The number of methoxy groups -OCH3 is 1. The maximum absolute atomic E-state index is 5.13. The summed E-state index contributed by atoms with van der Waals surface area (Å²) in [6, 6.07) is 8.12. The maximum atomic E-state index is 5.13. The molecule has 0 unspecified atom stereocenters. The van der Waals surface area contributed by atoms with Crippen LogP contribution in [-0.4, -0.2) is 7.11 Å². The minimum Gasteiger partial charge on any atom is -0.497 e. The molecule has 0 amide bonds. The van der Waals surface area contributed by atoms with Gasteiger partial charge < -0.3 is 4.74 Å². The molecule has 0 radical (unpaired) electrons. The first-order valence-corrected chi connectivity index (χ1v) is 6.23. The van der Waals surface area contributed by atoms with Crippen LogP contribution in [0.2, 0.25) is 0 Å². The van der Waals surface area contributed by atoms with E-state index in [1.807, 2.05) is 12.1 Å². The summed E-state index contributed by atoms with van der Waals surface area (Å²) in [7, 11) is 1.68. The van der Waals surface area contributed by atoms with Crippen LogP contribution in [0.15, 0.2) is 35.0 Å². The van der Waals surface area contributed by atoms with Gasteiger partial charge in [0, 0.05) is 5.75 Å². The van der Waals surface area contributed by atoms with Crippen LogP contribution in [0, 0.1) is 0 Å². The van der Waals surface area contributed by atoms with Gasteiger partial charge >= 0.3 is 0 Å². The number of thiophene rings is 1. The second kappa shape index (κ2) is 4.73. The number of hydrogen-bond acceptors (Lipinski definition) is 3. The zero-order valence-corrected chi connectivity index (χ0v) is 10.1. The fraction of sp³-hybridized carbons (Fsp3) is 0.167. The van der Waals surface area contributed by atoms with Gasteiger partial charge in [-0.15, -0.1) is 0 Å². The second-order valence-electron chi connectivity index (χ2n) is 3.20. The molecule has 1 aromatic heterocycles. The summed E-state index contributed by atoms with van der Waals surface area (Å²) in [5.41, 5.74) is 3.78. The van der Waals surface area contributed by atoms with Gasteiger partial charge in [0.25, 0.3) is 0 Å². The highest BCUT2D eigenvalue weighted by Crippen LogP contribution is 2.29. The molecule has 0 N–H and O–H groups in total. The van der Waals surface area contributed by atoms with Crippen molar-refractivity contribution in [2.45, 2.75) is 5.75 Å². The highest BCUT2D eigenvalue weighted by molar-refractivity contribution is 7.79. The van der Waals surface area contributed by atoms with E-state index in [2.05, 4.69) is 35.5 Å². The summed E-state index contributed by atoms with van der Waals surface area (Å²) >= 11 is 6.03. The highest BCUT2D eigenvalue weighted by atomic mass is 32.1. The first-order valence-electron chi connectivity index (χ1n) is 4.65. The van der Waals surface area contributed by atoms with Crippen LogP contribution >= 0.6 is 24.0 Å². The van der Waals surface area contributed by atoms with Crippen molar-refractivity contribution in [2.24, 2.45) is 0 Å². The van der Waals surface area contributed by atoms with E-state index in [9.17, 15) is 0 Å². The molecule has 0 spiro atoms. The second-order valence-corrected chi connectivity index (χ2v) is 4.26.